The molecule has 1 aromatic heterocycles. The number of pyridine rings is 1. The van der Waals surface area contributed by atoms with Crippen molar-refractivity contribution in [2.75, 3.05) is 4.90 Å². The van der Waals surface area contributed by atoms with Crippen molar-refractivity contribution in [3.8, 4) is 0 Å². The maximum Gasteiger partial charge on any atom is 0.295 e. The van der Waals surface area contributed by atoms with Crippen LogP contribution in [0.15, 0.2) is 94.8 Å². The molecule has 1 N–H and O–H groups in total. The summed E-state index contributed by atoms with van der Waals surface area (Å²) in [5.74, 6) is -1.25. The van der Waals surface area contributed by atoms with Crippen LogP contribution in [0.25, 0.3) is 0 Å². The van der Waals surface area contributed by atoms with Gasteiger partial charge in [0.05, 0.1) is 11.6 Å². The average molecular weight is 435 g/mol. The Morgan fingerprint density at radius 3 is 2.29 bits per heavy atom. The van der Waals surface area contributed by atoms with E-state index >= 15 is 0 Å². The zero-order valence-corrected chi connectivity index (χ0v) is 16.2. The number of hydrogen-bond donors (Lipinski definition) is 1. The minimum atomic E-state index is -0.775. The molecule has 1 unspecified atom stereocenters. The highest BCUT2D eigenvalue weighted by Gasteiger charge is 2.45. The first-order valence-corrected chi connectivity index (χ1v) is 9.40. The number of nitrogens with zero attached hydrogens (tertiary/aromatic N) is 2. The normalized spacial score (nSPS) is 16.5. The van der Waals surface area contributed by atoms with Crippen LogP contribution < -0.4 is 4.90 Å². The number of aliphatic hydroxyl groups excluding tert-OH is 1. The molecule has 0 fully saturated rings. The SMILES string of the molecule is O=C(C1=C(O)C(=O)N(c2cc(Br)ccn2)C1c1ccccc1)c1ccccc1. The van der Waals surface area contributed by atoms with E-state index in [1.54, 1.807) is 48.7 Å². The van der Waals surface area contributed by atoms with Crippen molar-refractivity contribution in [3.05, 3.63) is 106 Å². The lowest BCUT2D eigenvalue weighted by Crippen LogP contribution is -2.31. The molecular formula is C22H15BrN2O3. The Morgan fingerprint density at radius 2 is 1.64 bits per heavy atom. The molecule has 0 saturated carbocycles. The van der Waals surface area contributed by atoms with E-state index in [4.69, 9.17) is 0 Å². The fourth-order valence-corrected chi connectivity index (χ4v) is 3.62. The summed E-state index contributed by atoms with van der Waals surface area (Å²) in [6.45, 7) is 0. The lowest BCUT2D eigenvalue weighted by atomic mass is 9.93. The molecule has 1 aliphatic heterocycles. The molecule has 138 valence electrons. The van der Waals surface area contributed by atoms with E-state index in [9.17, 15) is 14.7 Å². The Kier molecular flexibility index (Phi) is 4.79. The van der Waals surface area contributed by atoms with Gasteiger partial charge in [-0.15, -0.1) is 0 Å². The maximum absolute atomic E-state index is 13.2. The number of aromatic nitrogens is 1. The monoisotopic (exact) mass is 434 g/mol. The first-order chi connectivity index (χ1) is 13.6. The molecule has 6 heteroatoms. The van der Waals surface area contributed by atoms with E-state index in [2.05, 4.69) is 20.9 Å². The predicted molar refractivity (Wildman–Crippen MR) is 109 cm³/mol. The third-order valence-electron chi connectivity index (χ3n) is 4.56. The van der Waals surface area contributed by atoms with Crippen molar-refractivity contribution in [1.29, 1.82) is 0 Å². The number of rotatable bonds is 4. The Hall–Kier alpha value is -3.25. The van der Waals surface area contributed by atoms with Gasteiger partial charge in [-0.1, -0.05) is 76.6 Å². The molecule has 2 heterocycles. The standard InChI is InChI=1S/C22H15BrN2O3/c23-16-11-12-24-17(13-16)25-19(14-7-3-1-4-8-14)18(21(27)22(25)28)20(26)15-9-5-2-6-10-15/h1-13,19,27H. The van der Waals surface area contributed by atoms with Gasteiger partial charge in [0.25, 0.3) is 5.91 Å². The Bertz CT molecular complexity index is 1080. The van der Waals surface area contributed by atoms with Crippen LogP contribution >= 0.6 is 15.9 Å². The third kappa shape index (κ3) is 3.12. The second-order valence-corrected chi connectivity index (χ2v) is 7.19. The minimum Gasteiger partial charge on any atom is -0.503 e. The Labute approximate surface area is 170 Å². The molecule has 1 amide bonds. The van der Waals surface area contributed by atoms with Crippen molar-refractivity contribution >= 4 is 33.4 Å². The van der Waals surface area contributed by atoms with Crippen molar-refractivity contribution < 1.29 is 14.7 Å². The van der Waals surface area contributed by atoms with Gasteiger partial charge in [-0.05, 0) is 17.7 Å². The van der Waals surface area contributed by atoms with Crippen LogP contribution in [0.5, 0.6) is 0 Å². The first kappa shape index (κ1) is 18.1. The fourth-order valence-electron chi connectivity index (χ4n) is 3.29. The van der Waals surface area contributed by atoms with Crippen LogP contribution in [0.2, 0.25) is 0 Å². The highest BCUT2D eigenvalue weighted by Crippen LogP contribution is 2.41. The largest absolute Gasteiger partial charge is 0.503 e. The van der Waals surface area contributed by atoms with E-state index in [-0.39, 0.29) is 5.57 Å². The molecule has 1 aliphatic rings. The second-order valence-electron chi connectivity index (χ2n) is 6.28. The first-order valence-electron chi connectivity index (χ1n) is 8.61. The molecule has 0 radical (unpaired) electrons. The van der Waals surface area contributed by atoms with E-state index in [0.29, 0.717) is 16.9 Å². The number of ketones is 1. The molecule has 2 aromatic carbocycles. The van der Waals surface area contributed by atoms with Crippen LogP contribution in [-0.4, -0.2) is 21.8 Å². The van der Waals surface area contributed by atoms with Crippen molar-refractivity contribution in [1.82, 2.24) is 4.98 Å². The van der Waals surface area contributed by atoms with Gasteiger partial charge in [-0.3, -0.25) is 14.5 Å². The zero-order valence-electron chi connectivity index (χ0n) is 14.6. The number of Topliss-reactive ketones (excluding diaryl/α,β-unsaturated/α-hetero) is 1. The smallest absolute Gasteiger partial charge is 0.295 e. The predicted octanol–water partition coefficient (Wildman–Crippen LogP) is 4.63. The zero-order chi connectivity index (χ0) is 19.7. The summed E-state index contributed by atoms with van der Waals surface area (Å²) in [7, 11) is 0. The molecule has 3 aromatic rings. The van der Waals surface area contributed by atoms with Gasteiger partial charge in [0.15, 0.2) is 11.5 Å². The molecule has 0 saturated heterocycles. The van der Waals surface area contributed by atoms with Crippen molar-refractivity contribution in [2.45, 2.75) is 6.04 Å². The fraction of sp³-hybridized carbons (Fsp3) is 0.0455. The van der Waals surface area contributed by atoms with Gasteiger partial charge in [0.2, 0.25) is 0 Å². The Balaban J connectivity index is 1.89. The summed E-state index contributed by atoms with van der Waals surface area (Å²) < 4.78 is 0.736. The molecule has 1 atom stereocenters. The molecule has 4 rings (SSSR count). The van der Waals surface area contributed by atoms with Crippen LogP contribution in [0.3, 0.4) is 0 Å². The summed E-state index contributed by atoms with van der Waals surface area (Å²) >= 11 is 3.38. The lowest BCUT2D eigenvalue weighted by Gasteiger charge is -2.26. The Morgan fingerprint density at radius 1 is 1.00 bits per heavy atom. The van der Waals surface area contributed by atoms with Crippen LogP contribution in [0.4, 0.5) is 5.82 Å². The highest BCUT2D eigenvalue weighted by molar-refractivity contribution is 9.10. The number of amides is 1. The van der Waals surface area contributed by atoms with Gasteiger partial charge in [0.1, 0.15) is 5.82 Å². The van der Waals surface area contributed by atoms with Crippen LogP contribution in [0, 0.1) is 0 Å². The van der Waals surface area contributed by atoms with Gasteiger partial charge in [-0.2, -0.15) is 0 Å². The number of anilines is 1. The van der Waals surface area contributed by atoms with Gasteiger partial charge < -0.3 is 5.11 Å². The van der Waals surface area contributed by atoms with Gasteiger partial charge >= 0.3 is 0 Å². The summed E-state index contributed by atoms with van der Waals surface area (Å²) in [4.78, 5) is 31.8. The second kappa shape index (κ2) is 7.40. The summed E-state index contributed by atoms with van der Waals surface area (Å²) in [6.07, 6.45) is 1.56. The van der Waals surface area contributed by atoms with E-state index in [0.717, 1.165) is 4.47 Å². The third-order valence-corrected chi connectivity index (χ3v) is 5.05. The molecule has 28 heavy (non-hydrogen) atoms. The van der Waals surface area contributed by atoms with Crippen LogP contribution in [-0.2, 0) is 4.79 Å². The summed E-state index contributed by atoms with van der Waals surface area (Å²) in [6, 6.07) is 20.4. The molecular weight excluding hydrogens is 420 g/mol. The number of hydrogen-bond acceptors (Lipinski definition) is 4. The minimum absolute atomic E-state index is 0.0455. The highest BCUT2D eigenvalue weighted by atomic mass is 79.9. The van der Waals surface area contributed by atoms with Gasteiger partial charge in [0, 0.05) is 16.2 Å². The molecule has 0 bridgehead atoms. The number of halogens is 1. The van der Waals surface area contributed by atoms with E-state index < -0.39 is 23.5 Å². The van der Waals surface area contributed by atoms with Crippen molar-refractivity contribution in [2.24, 2.45) is 0 Å². The molecule has 0 spiro atoms. The molecule has 0 aliphatic carbocycles. The van der Waals surface area contributed by atoms with Gasteiger partial charge in [-0.25, -0.2) is 4.98 Å². The topological polar surface area (TPSA) is 70.5 Å². The average Bonchev–Trinajstić information content (AvgIpc) is 3.00. The number of benzene rings is 2. The lowest BCUT2D eigenvalue weighted by molar-refractivity contribution is -0.117. The quantitative estimate of drug-likeness (QED) is 0.607. The number of carbonyl (C=O) groups excluding carboxylic acids is 2. The molecule has 5 nitrogen and oxygen atoms in total. The van der Waals surface area contributed by atoms with Crippen LogP contribution in [0.1, 0.15) is 22.0 Å². The van der Waals surface area contributed by atoms with E-state index in [1.165, 1.54) is 4.90 Å². The number of aliphatic hydroxyl groups is 1. The van der Waals surface area contributed by atoms with Crippen molar-refractivity contribution in [3.63, 3.8) is 0 Å². The summed E-state index contributed by atoms with van der Waals surface area (Å²) in [5, 5.41) is 10.7. The maximum atomic E-state index is 13.2. The number of carbonyl (C=O) groups is 2. The van der Waals surface area contributed by atoms with E-state index in [1.807, 2.05) is 30.3 Å². The summed E-state index contributed by atoms with van der Waals surface area (Å²) in [5.41, 5.74) is 1.16.